The molecule has 0 radical (unpaired) electrons. The second kappa shape index (κ2) is 7.79. The highest BCUT2D eigenvalue weighted by Gasteiger charge is 2.35. The van der Waals surface area contributed by atoms with Crippen LogP contribution in [0.1, 0.15) is 17.1 Å². The summed E-state index contributed by atoms with van der Waals surface area (Å²) >= 11 is 12.3. The molecule has 0 atom stereocenters. The Kier molecular flexibility index (Phi) is 5.38. The minimum Gasteiger partial charge on any atom is -0.340 e. The molecule has 0 aliphatic heterocycles. The van der Waals surface area contributed by atoms with Crippen LogP contribution in [0.5, 0.6) is 0 Å². The minimum atomic E-state index is -4.95. The number of halogens is 6. The van der Waals surface area contributed by atoms with Gasteiger partial charge in [-0.05, 0) is 17.7 Å². The van der Waals surface area contributed by atoms with Crippen LogP contribution >= 0.6 is 23.2 Å². The largest absolute Gasteiger partial charge is 0.431 e. The van der Waals surface area contributed by atoms with E-state index in [0.717, 1.165) is 13.1 Å². The molecule has 0 bridgehead atoms. The first-order chi connectivity index (χ1) is 15.0. The van der Waals surface area contributed by atoms with Crippen LogP contribution in [0, 0.1) is 5.82 Å². The third-order valence-electron chi connectivity index (χ3n) is 4.85. The minimum absolute atomic E-state index is 0.0407. The molecule has 0 amide bonds. The van der Waals surface area contributed by atoms with Gasteiger partial charge in [-0.3, -0.25) is 9.36 Å². The van der Waals surface area contributed by atoms with Crippen molar-refractivity contribution in [2.45, 2.75) is 12.6 Å². The number of rotatable bonds is 3. The summed E-state index contributed by atoms with van der Waals surface area (Å²) in [6, 6.07) is 7.97. The molecule has 0 aliphatic carbocycles. The first-order valence-corrected chi connectivity index (χ1v) is 9.75. The van der Waals surface area contributed by atoms with Crippen molar-refractivity contribution < 1.29 is 17.6 Å². The van der Waals surface area contributed by atoms with E-state index in [0.29, 0.717) is 21.0 Å². The van der Waals surface area contributed by atoms with Crippen molar-refractivity contribution in [1.29, 1.82) is 0 Å². The van der Waals surface area contributed by atoms with Crippen molar-refractivity contribution >= 4 is 34.2 Å². The van der Waals surface area contributed by atoms with Crippen molar-refractivity contribution in [2.24, 2.45) is 7.05 Å². The fraction of sp³-hybridized carbons (Fsp3) is 0.150. The molecule has 1 N–H and O–H groups in total. The van der Waals surface area contributed by atoms with E-state index in [2.05, 4.69) is 9.97 Å². The van der Waals surface area contributed by atoms with Crippen LogP contribution in [0.15, 0.2) is 46.0 Å². The summed E-state index contributed by atoms with van der Waals surface area (Å²) in [6.45, 7) is 0. The molecule has 32 heavy (non-hydrogen) atoms. The monoisotopic (exact) mass is 486 g/mol. The highest BCUT2D eigenvalue weighted by molar-refractivity contribution is 6.35. The third kappa shape index (κ3) is 3.69. The first kappa shape index (κ1) is 22.1. The van der Waals surface area contributed by atoms with Gasteiger partial charge < -0.3 is 4.98 Å². The first-order valence-electron chi connectivity index (χ1n) is 8.99. The Morgan fingerprint density at radius 2 is 1.78 bits per heavy atom. The van der Waals surface area contributed by atoms with Crippen LogP contribution in [-0.2, 0) is 19.6 Å². The SMILES string of the molecule is Cn1c(C(F)(F)F)cc(=O)n(-c2c(F)cc(Cl)c3nc(Cc4ccccc4Cl)[nH]c23)c1=O. The zero-order chi connectivity index (χ0) is 23.4. The van der Waals surface area contributed by atoms with Crippen LogP contribution in [0.2, 0.25) is 10.0 Å². The Labute approximate surface area is 186 Å². The number of fused-ring (bicyclic) bond motifs is 1. The maximum atomic E-state index is 14.9. The van der Waals surface area contributed by atoms with E-state index in [1.54, 1.807) is 24.3 Å². The lowest BCUT2D eigenvalue weighted by Crippen LogP contribution is -2.41. The Bertz CT molecular complexity index is 1490. The zero-order valence-electron chi connectivity index (χ0n) is 16.1. The summed E-state index contributed by atoms with van der Waals surface area (Å²) in [5, 5.41) is 0.345. The van der Waals surface area contributed by atoms with E-state index in [9.17, 15) is 27.2 Å². The molecule has 0 fully saturated rings. The lowest BCUT2D eigenvalue weighted by Gasteiger charge is -2.14. The highest BCUT2D eigenvalue weighted by atomic mass is 35.5. The molecule has 6 nitrogen and oxygen atoms in total. The van der Waals surface area contributed by atoms with Gasteiger partial charge in [0.15, 0.2) is 5.82 Å². The number of alkyl halides is 3. The zero-order valence-corrected chi connectivity index (χ0v) is 17.6. The number of aromatic amines is 1. The van der Waals surface area contributed by atoms with E-state index in [1.807, 2.05) is 0 Å². The molecule has 2 aromatic carbocycles. The van der Waals surface area contributed by atoms with Crippen LogP contribution in [0.25, 0.3) is 16.7 Å². The lowest BCUT2D eigenvalue weighted by atomic mass is 10.1. The molecule has 0 spiro atoms. The average Bonchev–Trinajstić information content (AvgIpc) is 3.12. The van der Waals surface area contributed by atoms with Gasteiger partial charge in [0.25, 0.3) is 5.56 Å². The molecule has 4 rings (SSSR count). The number of nitrogens with one attached hydrogen (secondary N) is 1. The molecule has 166 valence electrons. The summed E-state index contributed by atoms with van der Waals surface area (Å²) in [4.78, 5) is 32.2. The van der Waals surface area contributed by atoms with Crippen LogP contribution in [-0.4, -0.2) is 19.1 Å². The number of imidazole rings is 1. The van der Waals surface area contributed by atoms with Gasteiger partial charge >= 0.3 is 11.9 Å². The Balaban J connectivity index is 1.98. The topological polar surface area (TPSA) is 72.7 Å². The van der Waals surface area contributed by atoms with Gasteiger partial charge in [-0.2, -0.15) is 13.2 Å². The van der Waals surface area contributed by atoms with Gasteiger partial charge in [-0.25, -0.2) is 18.7 Å². The smallest absolute Gasteiger partial charge is 0.340 e. The van der Waals surface area contributed by atoms with E-state index in [-0.39, 0.29) is 33.1 Å². The van der Waals surface area contributed by atoms with E-state index >= 15 is 0 Å². The molecule has 2 aromatic heterocycles. The molecule has 2 heterocycles. The van der Waals surface area contributed by atoms with E-state index in [1.165, 1.54) is 0 Å². The van der Waals surface area contributed by atoms with E-state index in [4.69, 9.17) is 23.2 Å². The Morgan fingerprint density at radius 1 is 1.09 bits per heavy atom. The molecule has 4 aromatic rings. The maximum absolute atomic E-state index is 14.9. The number of nitrogens with zero attached hydrogens (tertiary/aromatic N) is 3. The summed E-state index contributed by atoms with van der Waals surface area (Å²) in [5.74, 6) is -0.798. The van der Waals surface area contributed by atoms with Crippen molar-refractivity contribution in [1.82, 2.24) is 19.1 Å². The van der Waals surface area contributed by atoms with Gasteiger partial charge in [0.05, 0.1) is 10.5 Å². The highest BCUT2D eigenvalue weighted by Crippen LogP contribution is 2.31. The molecule has 12 heteroatoms. The summed E-state index contributed by atoms with van der Waals surface area (Å²) in [7, 11) is 0.835. The lowest BCUT2D eigenvalue weighted by molar-refractivity contribution is -0.144. The number of aromatic nitrogens is 4. The summed E-state index contributed by atoms with van der Waals surface area (Å²) < 4.78 is 54.9. The van der Waals surface area contributed by atoms with Gasteiger partial charge in [0.1, 0.15) is 22.7 Å². The molecule has 0 saturated heterocycles. The van der Waals surface area contributed by atoms with Gasteiger partial charge in [-0.15, -0.1) is 0 Å². The van der Waals surface area contributed by atoms with Crippen molar-refractivity contribution in [3.05, 3.63) is 90.2 Å². The average molecular weight is 487 g/mol. The second-order valence-corrected chi connectivity index (χ2v) is 7.72. The summed E-state index contributed by atoms with van der Waals surface area (Å²) in [6.07, 6.45) is -4.76. The third-order valence-corrected chi connectivity index (χ3v) is 5.50. The standard InChI is InChI=1S/C20H12Cl2F4N4O2/c1-29-13(20(24,25)26)8-15(31)30(19(29)32)18-12(23)7-11(22)16-17(18)28-14(27-16)6-9-4-2-3-5-10(9)21/h2-5,7-8H,6H2,1H3,(H,27,28). The number of hydrogen-bond donors (Lipinski definition) is 1. The predicted molar refractivity (Wildman–Crippen MR) is 111 cm³/mol. The van der Waals surface area contributed by atoms with Gasteiger partial charge in [-0.1, -0.05) is 41.4 Å². The maximum Gasteiger partial charge on any atom is 0.431 e. The normalized spacial score (nSPS) is 12.0. The molecular weight excluding hydrogens is 475 g/mol. The fourth-order valence-electron chi connectivity index (χ4n) is 3.36. The molecular formula is C20H12Cl2F4N4O2. The van der Waals surface area contributed by atoms with Gasteiger partial charge in [0, 0.05) is 24.6 Å². The van der Waals surface area contributed by atoms with Crippen molar-refractivity contribution in [3.63, 3.8) is 0 Å². The molecule has 0 unspecified atom stereocenters. The fourth-order valence-corrected chi connectivity index (χ4v) is 3.80. The molecule has 0 saturated carbocycles. The number of hydrogen-bond acceptors (Lipinski definition) is 3. The van der Waals surface area contributed by atoms with Crippen molar-refractivity contribution in [2.75, 3.05) is 0 Å². The molecule has 0 aliphatic rings. The van der Waals surface area contributed by atoms with E-state index < -0.39 is 34.6 Å². The second-order valence-electron chi connectivity index (χ2n) is 6.91. The van der Waals surface area contributed by atoms with Crippen LogP contribution in [0.3, 0.4) is 0 Å². The Hall–Kier alpha value is -3.11. The quantitative estimate of drug-likeness (QED) is 0.434. The van der Waals surface area contributed by atoms with Crippen LogP contribution < -0.4 is 11.2 Å². The number of H-pyrrole nitrogens is 1. The van der Waals surface area contributed by atoms with Crippen LogP contribution in [0.4, 0.5) is 17.6 Å². The predicted octanol–water partition coefficient (Wildman–Crippen LogP) is 4.47. The van der Waals surface area contributed by atoms with Gasteiger partial charge in [0.2, 0.25) is 0 Å². The summed E-state index contributed by atoms with van der Waals surface area (Å²) in [5.41, 5.74) is -4.16. The van der Waals surface area contributed by atoms with Crippen molar-refractivity contribution in [3.8, 4) is 5.69 Å². The Morgan fingerprint density at radius 3 is 2.44 bits per heavy atom. The number of benzene rings is 2.